The molecule has 0 aromatic carbocycles. The van der Waals surface area contributed by atoms with Crippen LogP contribution >= 0.6 is 0 Å². The third kappa shape index (κ3) is 3.44. The van der Waals surface area contributed by atoms with Gasteiger partial charge >= 0.3 is 0 Å². The van der Waals surface area contributed by atoms with Crippen LogP contribution in [0.4, 0.5) is 0 Å². The molecule has 0 saturated carbocycles. The van der Waals surface area contributed by atoms with Crippen LogP contribution < -0.4 is 16.0 Å². The summed E-state index contributed by atoms with van der Waals surface area (Å²) in [5.74, 6) is 6.07. The Hall–Kier alpha value is -1.17. The Morgan fingerprint density at radius 3 is 2.81 bits per heavy atom. The van der Waals surface area contributed by atoms with Crippen LogP contribution in [-0.4, -0.2) is 24.8 Å². The predicted octanol–water partition coefficient (Wildman–Crippen LogP) is 1.02. The molecule has 0 aliphatic heterocycles. The van der Waals surface area contributed by atoms with Gasteiger partial charge in [-0.05, 0) is 19.9 Å². The maximum absolute atomic E-state index is 5.52. The largest absolute Gasteiger partial charge is 0.481 e. The lowest BCUT2D eigenvalue weighted by Gasteiger charge is -2.19. The summed E-state index contributed by atoms with van der Waals surface area (Å²) < 4.78 is 10.7. The first kappa shape index (κ1) is 12.9. The molecule has 0 amide bonds. The minimum absolute atomic E-state index is 0.119. The highest BCUT2D eigenvalue weighted by molar-refractivity contribution is 5.28. The number of rotatable bonds is 6. The quantitative estimate of drug-likeness (QED) is 0.559. The van der Waals surface area contributed by atoms with Crippen LogP contribution in [0.25, 0.3) is 0 Å². The molecule has 0 aliphatic rings. The summed E-state index contributed by atoms with van der Waals surface area (Å²) in [6, 6.07) is 3.64. The average molecular weight is 225 g/mol. The molecule has 1 rings (SSSR count). The molecule has 1 aromatic heterocycles. The van der Waals surface area contributed by atoms with Gasteiger partial charge in [0.1, 0.15) is 0 Å². The molecule has 5 heteroatoms. The van der Waals surface area contributed by atoms with E-state index in [0.29, 0.717) is 12.5 Å². The molecule has 1 heterocycles. The van der Waals surface area contributed by atoms with E-state index in [1.165, 1.54) is 0 Å². The van der Waals surface area contributed by atoms with Crippen LogP contribution in [0, 0.1) is 0 Å². The van der Waals surface area contributed by atoms with Gasteiger partial charge in [0.15, 0.2) is 0 Å². The first-order valence-electron chi connectivity index (χ1n) is 5.25. The Bertz CT molecular complexity index is 318. The van der Waals surface area contributed by atoms with Gasteiger partial charge in [-0.25, -0.2) is 4.98 Å². The first-order chi connectivity index (χ1) is 7.69. The predicted molar refractivity (Wildman–Crippen MR) is 61.9 cm³/mol. The van der Waals surface area contributed by atoms with Crippen molar-refractivity contribution in [3.63, 3.8) is 0 Å². The fraction of sp³-hybridized carbons (Fsp3) is 0.545. The zero-order valence-corrected chi connectivity index (χ0v) is 9.93. The smallest absolute Gasteiger partial charge is 0.217 e. The molecule has 3 N–H and O–H groups in total. The molecule has 0 spiro atoms. The number of methoxy groups -OCH3 is 1. The molecular weight excluding hydrogens is 206 g/mol. The zero-order chi connectivity index (χ0) is 12.0. The zero-order valence-electron chi connectivity index (χ0n) is 9.93. The summed E-state index contributed by atoms with van der Waals surface area (Å²) in [6.45, 7) is 4.44. The highest BCUT2D eigenvalue weighted by atomic mass is 16.5. The van der Waals surface area contributed by atoms with Crippen molar-refractivity contribution in [2.24, 2.45) is 5.84 Å². The Kier molecular flexibility index (Phi) is 5.18. The lowest BCUT2D eigenvalue weighted by molar-refractivity contribution is 0.0605. The van der Waals surface area contributed by atoms with E-state index in [1.54, 1.807) is 13.3 Å². The summed E-state index contributed by atoms with van der Waals surface area (Å²) in [7, 11) is 1.59. The number of hydrazine groups is 1. The van der Waals surface area contributed by atoms with Crippen molar-refractivity contribution in [3.05, 3.63) is 23.9 Å². The van der Waals surface area contributed by atoms with Crippen molar-refractivity contribution in [3.8, 4) is 5.88 Å². The van der Waals surface area contributed by atoms with Crippen LogP contribution in [0.15, 0.2) is 18.3 Å². The Balaban J connectivity index is 2.77. The monoisotopic (exact) mass is 225 g/mol. The van der Waals surface area contributed by atoms with Crippen molar-refractivity contribution in [2.45, 2.75) is 26.0 Å². The van der Waals surface area contributed by atoms with Crippen molar-refractivity contribution < 1.29 is 9.47 Å². The maximum Gasteiger partial charge on any atom is 0.217 e. The van der Waals surface area contributed by atoms with Gasteiger partial charge in [0.2, 0.25) is 5.88 Å². The third-order valence-corrected chi connectivity index (χ3v) is 2.17. The van der Waals surface area contributed by atoms with E-state index in [0.717, 1.165) is 5.56 Å². The molecule has 1 unspecified atom stereocenters. The lowest BCUT2D eigenvalue weighted by atomic mass is 10.1. The number of hydrogen-bond acceptors (Lipinski definition) is 5. The molecule has 0 fully saturated rings. The molecule has 16 heavy (non-hydrogen) atoms. The summed E-state index contributed by atoms with van der Waals surface area (Å²) in [6.07, 6.45) is 1.85. The van der Waals surface area contributed by atoms with Crippen LogP contribution in [0.5, 0.6) is 5.88 Å². The van der Waals surface area contributed by atoms with Crippen LogP contribution in [0.1, 0.15) is 25.5 Å². The number of ether oxygens (including phenoxy) is 2. The van der Waals surface area contributed by atoms with Crippen LogP contribution in [0.2, 0.25) is 0 Å². The summed E-state index contributed by atoms with van der Waals surface area (Å²) in [4.78, 5) is 4.12. The SMILES string of the molecule is COc1ncccc1C(COC(C)C)NN. The summed E-state index contributed by atoms with van der Waals surface area (Å²) in [5.41, 5.74) is 3.60. The van der Waals surface area contributed by atoms with Gasteiger partial charge in [-0.1, -0.05) is 6.07 Å². The number of pyridine rings is 1. The average Bonchev–Trinajstić information content (AvgIpc) is 2.30. The standard InChI is InChI=1S/C11H19N3O2/c1-8(2)16-7-10(14-12)9-5-4-6-13-11(9)15-3/h4-6,8,10,14H,7,12H2,1-3H3. The second-order valence-corrected chi connectivity index (χ2v) is 3.70. The molecular formula is C11H19N3O2. The van der Waals surface area contributed by atoms with Gasteiger partial charge in [0.05, 0.1) is 25.9 Å². The molecule has 1 aromatic rings. The van der Waals surface area contributed by atoms with Crippen molar-refractivity contribution >= 4 is 0 Å². The molecule has 0 saturated heterocycles. The van der Waals surface area contributed by atoms with E-state index in [4.69, 9.17) is 15.3 Å². The lowest BCUT2D eigenvalue weighted by Crippen LogP contribution is -2.32. The van der Waals surface area contributed by atoms with Crippen LogP contribution in [-0.2, 0) is 4.74 Å². The normalized spacial score (nSPS) is 12.8. The fourth-order valence-electron chi connectivity index (χ4n) is 1.36. The van der Waals surface area contributed by atoms with E-state index in [1.807, 2.05) is 26.0 Å². The van der Waals surface area contributed by atoms with Gasteiger partial charge in [-0.2, -0.15) is 0 Å². The molecule has 0 radical (unpaired) electrons. The number of aromatic nitrogens is 1. The Morgan fingerprint density at radius 2 is 2.25 bits per heavy atom. The van der Waals surface area contributed by atoms with Gasteiger partial charge in [0, 0.05) is 11.8 Å². The highest BCUT2D eigenvalue weighted by Crippen LogP contribution is 2.22. The number of nitrogens with one attached hydrogen (secondary N) is 1. The molecule has 1 atom stereocenters. The van der Waals surface area contributed by atoms with Crippen LogP contribution in [0.3, 0.4) is 0 Å². The maximum atomic E-state index is 5.52. The Labute approximate surface area is 95.9 Å². The second-order valence-electron chi connectivity index (χ2n) is 3.70. The minimum Gasteiger partial charge on any atom is -0.481 e. The van der Waals surface area contributed by atoms with E-state index >= 15 is 0 Å². The first-order valence-corrected chi connectivity index (χ1v) is 5.25. The number of hydrogen-bond donors (Lipinski definition) is 2. The van der Waals surface area contributed by atoms with Gasteiger partial charge in [0.25, 0.3) is 0 Å². The molecule has 90 valence electrons. The topological polar surface area (TPSA) is 69.4 Å². The Morgan fingerprint density at radius 1 is 1.50 bits per heavy atom. The highest BCUT2D eigenvalue weighted by Gasteiger charge is 2.15. The number of nitrogens with zero attached hydrogens (tertiary/aromatic N) is 1. The van der Waals surface area contributed by atoms with Crippen molar-refractivity contribution in [2.75, 3.05) is 13.7 Å². The number of nitrogens with two attached hydrogens (primary N) is 1. The van der Waals surface area contributed by atoms with Gasteiger partial charge in [-0.15, -0.1) is 0 Å². The van der Waals surface area contributed by atoms with Crippen molar-refractivity contribution in [1.82, 2.24) is 10.4 Å². The van der Waals surface area contributed by atoms with E-state index in [9.17, 15) is 0 Å². The summed E-state index contributed by atoms with van der Waals surface area (Å²) in [5, 5.41) is 0. The minimum atomic E-state index is -0.119. The second kappa shape index (κ2) is 6.42. The molecule has 5 nitrogen and oxygen atoms in total. The van der Waals surface area contributed by atoms with E-state index < -0.39 is 0 Å². The molecule has 0 aliphatic carbocycles. The van der Waals surface area contributed by atoms with Gasteiger partial charge in [-0.3, -0.25) is 11.3 Å². The third-order valence-electron chi connectivity index (χ3n) is 2.17. The van der Waals surface area contributed by atoms with E-state index in [2.05, 4.69) is 10.4 Å². The van der Waals surface area contributed by atoms with E-state index in [-0.39, 0.29) is 12.1 Å². The van der Waals surface area contributed by atoms with Gasteiger partial charge < -0.3 is 9.47 Å². The van der Waals surface area contributed by atoms with Crippen molar-refractivity contribution in [1.29, 1.82) is 0 Å². The fourth-order valence-corrected chi connectivity index (χ4v) is 1.36. The summed E-state index contributed by atoms with van der Waals surface area (Å²) >= 11 is 0. The molecule has 0 bridgehead atoms.